The van der Waals surface area contributed by atoms with Crippen LogP contribution in [0, 0.1) is 0 Å². The first kappa shape index (κ1) is 32.3. The summed E-state index contributed by atoms with van der Waals surface area (Å²) in [5.74, 6) is -1.70. The van der Waals surface area contributed by atoms with Crippen LogP contribution in [0.3, 0.4) is 0 Å². The number of likely N-dealkylation sites (tertiary alicyclic amines) is 1. The molecule has 244 valence electrons. The number of ether oxygens (including phenoxy) is 4. The molecule has 10 nitrogen and oxygen atoms in total. The summed E-state index contributed by atoms with van der Waals surface area (Å²) in [5.41, 5.74) is 5.73. The van der Waals surface area contributed by atoms with Crippen LogP contribution in [0.4, 0.5) is 0 Å². The lowest BCUT2D eigenvalue weighted by Gasteiger charge is -2.41. The molecular formula is C36H42N2O8. The van der Waals surface area contributed by atoms with Gasteiger partial charge in [0.25, 0.3) is 0 Å². The summed E-state index contributed by atoms with van der Waals surface area (Å²) in [6, 6.07) is 23.9. The molecule has 0 aliphatic carbocycles. The summed E-state index contributed by atoms with van der Waals surface area (Å²) in [7, 11) is 0. The zero-order chi connectivity index (χ0) is 31.9. The van der Waals surface area contributed by atoms with E-state index >= 15 is 0 Å². The first-order valence-corrected chi connectivity index (χ1v) is 16.1. The van der Waals surface area contributed by atoms with Crippen LogP contribution in [0.5, 0.6) is 0 Å². The second kappa shape index (κ2) is 14.8. The average molecular weight is 631 g/mol. The molecule has 3 aliphatic rings. The second-order valence-electron chi connectivity index (χ2n) is 12.2. The summed E-state index contributed by atoms with van der Waals surface area (Å²) < 4.78 is 25.0. The number of hydrogen-bond acceptors (Lipinski definition) is 8. The number of aliphatic carboxylic acids is 1. The molecule has 6 rings (SSSR count). The minimum atomic E-state index is -0.993. The van der Waals surface area contributed by atoms with Crippen LogP contribution in [0.15, 0.2) is 72.8 Å². The number of aliphatic hydroxyl groups excluding tert-OH is 1. The fourth-order valence-electron chi connectivity index (χ4n) is 6.46. The van der Waals surface area contributed by atoms with E-state index in [2.05, 4.69) is 10.2 Å². The maximum Gasteiger partial charge on any atom is 0.303 e. The Morgan fingerprint density at radius 2 is 1.57 bits per heavy atom. The lowest BCUT2D eigenvalue weighted by atomic mass is 9.97. The number of aliphatic hydroxyl groups is 1. The Hall–Kier alpha value is -3.64. The molecule has 1 amide bonds. The van der Waals surface area contributed by atoms with Crippen molar-refractivity contribution >= 4 is 11.9 Å². The van der Waals surface area contributed by atoms with Gasteiger partial charge in [-0.15, -0.1) is 0 Å². The summed E-state index contributed by atoms with van der Waals surface area (Å²) >= 11 is 0. The zero-order valence-corrected chi connectivity index (χ0v) is 25.9. The summed E-state index contributed by atoms with van der Waals surface area (Å²) in [6.45, 7) is 4.18. The third kappa shape index (κ3) is 8.01. The summed E-state index contributed by atoms with van der Waals surface area (Å²) in [6.07, 6.45) is 1.39. The molecule has 3 N–H and O–H groups in total. The molecule has 3 fully saturated rings. The Morgan fingerprint density at radius 1 is 0.870 bits per heavy atom. The highest BCUT2D eigenvalue weighted by molar-refractivity contribution is 5.80. The fourth-order valence-corrected chi connectivity index (χ4v) is 6.46. The second-order valence-corrected chi connectivity index (χ2v) is 12.2. The first-order chi connectivity index (χ1) is 22.4. The largest absolute Gasteiger partial charge is 0.481 e. The van der Waals surface area contributed by atoms with Crippen molar-refractivity contribution in [1.29, 1.82) is 0 Å². The van der Waals surface area contributed by atoms with Gasteiger partial charge in [0.1, 0.15) is 0 Å². The van der Waals surface area contributed by atoms with E-state index in [1.54, 1.807) is 0 Å². The molecule has 3 saturated heterocycles. The molecule has 0 aromatic heterocycles. The highest BCUT2D eigenvalue weighted by atomic mass is 16.7. The predicted molar refractivity (Wildman–Crippen MR) is 169 cm³/mol. The van der Waals surface area contributed by atoms with Gasteiger partial charge in [-0.3, -0.25) is 9.59 Å². The smallest absolute Gasteiger partial charge is 0.303 e. The molecule has 0 saturated carbocycles. The van der Waals surface area contributed by atoms with E-state index < -0.39 is 18.0 Å². The molecule has 10 heteroatoms. The molecule has 3 aliphatic heterocycles. The monoisotopic (exact) mass is 630 g/mol. The highest BCUT2D eigenvalue weighted by Gasteiger charge is 2.41. The highest BCUT2D eigenvalue weighted by Crippen LogP contribution is 2.39. The molecule has 3 heterocycles. The van der Waals surface area contributed by atoms with Crippen molar-refractivity contribution in [2.75, 3.05) is 32.8 Å². The number of carbonyl (C=O) groups is 2. The third-order valence-electron chi connectivity index (χ3n) is 9.06. The molecule has 3 aromatic rings. The molecule has 0 bridgehead atoms. The number of carboxylic acids is 1. The molecule has 0 radical (unpaired) electrons. The van der Waals surface area contributed by atoms with Crippen molar-refractivity contribution in [3.8, 4) is 11.1 Å². The number of amides is 1. The molecule has 3 aromatic carbocycles. The van der Waals surface area contributed by atoms with Gasteiger partial charge in [-0.1, -0.05) is 72.8 Å². The Labute approximate surface area is 269 Å². The van der Waals surface area contributed by atoms with Gasteiger partial charge in [-0.05, 0) is 27.8 Å². The molecular weight excluding hydrogens is 588 g/mol. The first-order valence-electron chi connectivity index (χ1n) is 16.1. The van der Waals surface area contributed by atoms with Crippen molar-refractivity contribution < 1.29 is 38.7 Å². The van der Waals surface area contributed by atoms with Gasteiger partial charge in [0.05, 0.1) is 38.4 Å². The quantitative estimate of drug-likeness (QED) is 0.276. The number of benzene rings is 3. The number of nitrogens with zero attached hydrogens (tertiary/aromatic N) is 1. The predicted octanol–water partition coefficient (Wildman–Crippen LogP) is 4.71. The van der Waals surface area contributed by atoms with Gasteiger partial charge in [0.15, 0.2) is 12.1 Å². The van der Waals surface area contributed by atoms with Crippen LogP contribution in [0.1, 0.15) is 66.8 Å². The average Bonchev–Trinajstić information content (AvgIpc) is 3.55. The molecule has 1 spiro atoms. The summed E-state index contributed by atoms with van der Waals surface area (Å²) in [5, 5.41) is 21.2. The van der Waals surface area contributed by atoms with Gasteiger partial charge < -0.3 is 39.4 Å². The Morgan fingerprint density at radius 3 is 2.26 bits per heavy atom. The number of carboxylic acid groups (broad SMARTS) is 1. The van der Waals surface area contributed by atoms with E-state index in [0.29, 0.717) is 26.2 Å². The Kier molecular flexibility index (Phi) is 10.4. The number of hydrogen-bond donors (Lipinski definition) is 3. The third-order valence-corrected chi connectivity index (χ3v) is 9.06. The number of nitrogens with one attached hydrogen (secondary N) is 1. The van der Waals surface area contributed by atoms with Crippen molar-refractivity contribution in [1.82, 2.24) is 10.2 Å². The van der Waals surface area contributed by atoms with Crippen LogP contribution in [0.2, 0.25) is 0 Å². The van der Waals surface area contributed by atoms with Gasteiger partial charge in [0, 0.05) is 57.4 Å². The number of rotatable bonds is 11. The minimum Gasteiger partial charge on any atom is -0.481 e. The lowest BCUT2D eigenvalue weighted by molar-refractivity contribution is -0.255. The van der Waals surface area contributed by atoms with E-state index in [1.165, 1.54) is 0 Å². The maximum atomic E-state index is 12.1. The van der Waals surface area contributed by atoms with Gasteiger partial charge in [0.2, 0.25) is 5.91 Å². The van der Waals surface area contributed by atoms with Gasteiger partial charge in [-0.25, -0.2) is 0 Å². The number of piperidine rings is 1. The van der Waals surface area contributed by atoms with E-state index in [4.69, 9.17) is 24.1 Å². The fraction of sp³-hybridized carbons (Fsp3) is 0.444. The van der Waals surface area contributed by atoms with Crippen molar-refractivity contribution in [3.05, 3.63) is 95.1 Å². The molecule has 0 unspecified atom stereocenters. The topological polar surface area (TPSA) is 127 Å². The molecule has 46 heavy (non-hydrogen) atoms. The van der Waals surface area contributed by atoms with Gasteiger partial charge >= 0.3 is 5.97 Å². The van der Waals surface area contributed by atoms with E-state index in [9.17, 15) is 14.7 Å². The normalized spacial score (nSPS) is 22.9. The standard InChI is InChI=1S/C36H42N2O8/c39-24-25-5-7-27(8-6-25)32-21-30(23-38-17-15-36(16-18-38)43-19-20-44-36)45-35(46-32)28-11-9-26(10-12-28)31-4-2-1-3-29(31)22-37-33(40)13-14-34(41)42/h1-12,30,32,35,39H,13-24H2,(H,37,40)(H,41,42)/t30-,32+,35+/m0/s1. The van der Waals surface area contributed by atoms with Crippen molar-refractivity contribution in [2.45, 2.75) is 69.5 Å². The van der Waals surface area contributed by atoms with Crippen molar-refractivity contribution in [3.63, 3.8) is 0 Å². The number of carbonyl (C=O) groups excluding carboxylic acids is 1. The van der Waals surface area contributed by atoms with Gasteiger partial charge in [-0.2, -0.15) is 0 Å². The maximum absolute atomic E-state index is 12.1. The van der Waals surface area contributed by atoms with Crippen LogP contribution in [0.25, 0.3) is 11.1 Å². The Bertz CT molecular complexity index is 1460. The Balaban J connectivity index is 1.15. The zero-order valence-electron chi connectivity index (χ0n) is 25.9. The van der Waals surface area contributed by atoms with E-state index in [0.717, 1.165) is 65.9 Å². The van der Waals surface area contributed by atoms with Crippen molar-refractivity contribution in [2.24, 2.45) is 0 Å². The SMILES string of the molecule is O=C(O)CCC(=O)NCc1ccccc1-c1ccc([C@@H]2O[C@H](CN3CCC4(CC3)OCCO4)C[C@H](c3ccc(CO)cc3)O2)cc1. The summed E-state index contributed by atoms with van der Waals surface area (Å²) in [4.78, 5) is 25.4. The van der Waals surface area contributed by atoms with Crippen LogP contribution >= 0.6 is 0 Å². The molecule has 3 atom stereocenters. The van der Waals surface area contributed by atoms with Crippen LogP contribution in [-0.4, -0.2) is 71.7 Å². The lowest BCUT2D eigenvalue weighted by Crippen LogP contribution is -2.48. The minimum absolute atomic E-state index is 0.00336. The van der Waals surface area contributed by atoms with E-state index in [1.807, 2.05) is 72.8 Å². The van der Waals surface area contributed by atoms with Crippen LogP contribution < -0.4 is 5.32 Å². The van der Waals surface area contributed by atoms with E-state index in [-0.39, 0.29) is 37.6 Å². The van der Waals surface area contributed by atoms with Crippen LogP contribution in [-0.2, 0) is 41.7 Å².